The Morgan fingerprint density at radius 2 is 1.65 bits per heavy atom. The van der Waals surface area contributed by atoms with Crippen LogP contribution in [0.25, 0.3) is 0 Å². The van der Waals surface area contributed by atoms with Crippen molar-refractivity contribution in [3.63, 3.8) is 0 Å². The quantitative estimate of drug-likeness (QED) is 0.767. The molecule has 0 radical (unpaired) electrons. The Balaban J connectivity index is 2.22. The second-order valence-electron chi connectivity index (χ2n) is 8.29. The first kappa shape index (κ1) is 17.3. The fourth-order valence-corrected chi connectivity index (χ4v) is 3.59. The number of urea groups is 1. The van der Waals surface area contributed by atoms with Gasteiger partial charge in [-0.1, -0.05) is 52.9 Å². The molecule has 0 atom stereocenters. The molecular weight excluding hydrogens is 248 g/mol. The Kier molecular flexibility index (Phi) is 6.35. The van der Waals surface area contributed by atoms with Crippen molar-refractivity contribution in [2.75, 3.05) is 6.54 Å². The van der Waals surface area contributed by atoms with Gasteiger partial charge in [-0.3, -0.25) is 0 Å². The van der Waals surface area contributed by atoms with Crippen molar-refractivity contribution in [2.45, 2.75) is 85.1 Å². The highest BCUT2D eigenvalue weighted by Gasteiger charge is 2.26. The lowest BCUT2D eigenvalue weighted by molar-refractivity contribution is 0.209. The van der Waals surface area contributed by atoms with Crippen LogP contribution in [0, 0.1) is 11.3 Å². The second kappa shape index (κ2) is 7.33. The largest absolute Gasteiger partial charge is 0.338 e. The Labute approximate surface area is 125 Å². The molecule has 0 spiro atoms. The molecule has 0 aromatic rings. The number of carbonyl (C=O) groups is 1. The molecule has 2 N–H and O–H groups in total. The summed E-state index contributed by atoms with van der Waals surface area (Å²) in [6.07, 6.45) is 8.93. The summed E-state index contributed by atoms with van der Waals surface area (Å²) in [7, 11) is 0. The average Bonchev–Trinajstić information content (AvgIpc) is 2.26. The van der Waals surface area contributed by atoms with Crippen LogP contribution < -0.4 is 10.6 Å². The van der Waals surface area contributed by atoms with Gasteiger partial charge >= 0.3 is 6.03 Å². The summed E-state index contributed by atoms with van der Waals surface area (Å²) in [5.41, 5.74) is 0.0616. The lowest BCUT2D eigenvalue weighted by Crippen LogP contribution is -2.50. The van der Waals surface area contributed by atoms with Gasteiger partial charge in [-0.25, -0.2) is 4.79 Å². The molecule has 1 saturated carbocycles. The molecule has 0 aliphatic heterocycles. The van der Waals surface area contributed by atoms with Crippen molar-refractivity contribution in [3.05, 3.63) is 0 Å². The van der Waals surface area contributed by atoms with Crippen LogP contribution in [0.4, 0.5) is 4.79 Å². The minimum atomic E-state index is -0.160. The lowest BCUT2D eigenvalue weighted by Gasteiger charge is -2.33. The third-order valence-corrected chi connectivity index (χ3v) is 3.99. The van der Waals surface area contributed by atoms with E-state index in [0.29, 0.717) is 0 Å². The molecule has 20 heavy (non-hydrogen) atoms. The zero-order chi connectivity index (χ0) is 15.2. The van der Waals surface area contributed by atoms with Gasteiger partial charge < -0.3 is 10.6 Å². The van der Waals surface area contributed by atoms with Gasteiger partial charge in [0.05, 0.1) is 0 Å². The molecule has 0 unspecified atom stereocenters. The summed E-state index contributed by atoms with van der Waals surface area (Å²) in [4.78, 5) is 12.0. The highest BCUT2D eigenvalue weighted by molar-refractivity contribution is 5.74. The molecule has 0 aromatic heterocycles. The van der Waals surface area contributed by atoms with Crippen molar-refractivity contribution in [1.29, 1.82) is 0 Å². The first-order valence-corrected chi connectivity index (χ1v) is 8.24. The van der Waals surface area contributed by atoms with Gasteiger partial charge in [-0.2, -0.15) is 0 Å². The van der Waals surface area contributed by atoms with Gasteiger partial charge in [0.1, 0.15) is 0 Å². The lowest BCUT2D eigenvalue weighted by atomic mass is 9.82. The highest BCUT2D eigenvalue weighted by atomic mass is 16.2. The summed E-state index contributed by atoms with van der Waals surface area (Å²) in [6, 6.07) is -0.0185. The topological polar surface area (TPSA) is 41.1 Å². The molecule has 1 fully saturated rings. The van der Waals surface area contributed by atoms with E-state index in [1.54, 1.807) is 0 Å². The van der Waals surface area contributed by atoms with E-state index in [-0.39, 0.29) is 17.0 Å². The zero-order valence-electron chi connectivity index (χ0n) is 14.1. The van der Waals surface area contributed by atoms with E-state index in [0.717, 1.165) is 25.3 Å². The maximum absolute atomic E-state index is 12.0. The van der Waals surface area contributed by atoms with Gasteiger partial charge in [0.15, 0.2) is 0 Å². The van der Waals surface area contributed by atoms with Gasteiger partial charge in [-0.15, -0.1) is 0 Å². The van der Waals surface area contributed by atoms with Crippen LogP contribution in [-0.4, -0.2) is 18.1 Å². The van der Waals surface area contributed by atoms with E-state index < -0.39 is 0 Å². The minimum absolute atomic E-state index is 0.0185. The van der Waals surface area contributed by atoms with Crippen LogP contribution in [-0.2, 0) is 0 Å². The second-order valence-corrected chi connectivity index (χ2v) is 8.29. The average molecular weight is 282 g/mol. The first-order chi connectivity index (χ1) is 9.18. The zero-order valence-corrected chi connectivity index (χ0v) is 14.1. The van der Waals surface area contributed by atoms with Crippen molar-refractivity contribution in [2.24, 2.45) is 11.3 Å². The van der Waals surface area contributed by atoms with Crippen molar-refractivity contribution in [3.8, 4) is 0 Å². The molecule has 0 bridgehead atoms. The Morgan fingerprint density at radius 1 is 1.05 bits per heavy atom. The van der Waals surface area contributed by atoms with E-state index >= 15 is 0 Å². The smallest absolute Gasteiger partial charge is 0.315 e. The summed E-state index contributed by atoms with van der Waals surface area (Å²) in [5.74, 6) is 0.826. The van der Waals surface area contributed by atoms with Gasteiger partial charge in [0.25, 0.3) is 0 Å². The molecule has 0 saturated heterocycles. The number of hydrogen-bond acceptors (Lipinski definition) is 1. The highest BCUT2D eigenvalue weighted by Crippen LogP contribution is 2.27. The molecule has 0 heterocycles. The van der Waals surface area contributed by atoms with E-state index in [2.05, 4.69) is 45.3 Å². The number of amides is 2. The predicted octanol–water partition coefficient (Wildman–Crippen LogP) is 4.47. The van der Waals surface area contributed by atoms with Crippen LogP contribution in [0.15, 0.2) is 0 Å². The standard InChI is InChI=1S/C17H34N2O/c1-16(2,3)13-17(4,5)19-15(20)18-12-11-14-9-7-6-8-10-14/h14H,6-13H2,1-5H3,(H2,18,19,20). The van der Waals surface area contributed by atoms with Crippen LogP contribution >= 0.6 is 0 Å². The monoisotopic (exact) mass is 282 g/mol. The summed E-state index contributed by atoms with van der Waals surface area (Å²) < 4.78 is 0. The third kappa shape index (κ3) is 7.76. The molecule has 1 aliphatic carbocycles. The van der Waals surface area contributed by atoms with E-state index in [4.69, 9.17) is 0 Å². The number of hydrogen-bond donors (Lipinski definition) is 2. The molecule has 3 heteroatoms. The number of carbonyl (C=O) groups excluding carboxylic acids is 1. The van der Waals surface area contributed by atoms with Crippen molar-refractivity contribution >= 4 is 6.03 Å². The number of rotatable bonds is 5. The van der Waals surface area contributed by atoms with Crippen molar-refractivity contribution in [1.82, 2.24) is 10.6 Å². The molecule has 2 amide bonds. The maximum atomic E-state index is 12.0. The van der Waals surface area contributed by atoms with E-state index in [1.165, 1.54) is 32.1 Å². The van der Waals surface area contributed by atoms with Crippen LogP contribution in [0.2, 0.25) is 0 Å². The SMILES string of the molecule is CC(C)(C)CC(C)(C)NC(=O)NCCC1CCCCC1. The Bertz CT molecular complexity index is 299. The fraction of sp³-hybridized carbons (Fsp3) is 0.941. The van der Waals surface area contributed by atoms with Crippen LogP contribution in [0.1, 0.15) is 79.6 Å². The summed E-state index contributed by atoms with van der Waals surface area (Å²) in [5, 5.41) is 6.12. The third-order valence-electron chi connectivity index (χ3n) is 3.99. The van der Waals surface area contributed by atoms with Gasteiger partial charge in [0.2, 0.25) is 0 Å². The molecule has 118 valence electrons. The first-order valence-electron chi connectivity index (χ1n) is 8.24. The molecule has 3 nitrogen and oxygen atoms in total. The molecule has 1 aliphatic rings. The van der Waals surface area contributed by atoms with Gasteiger partial charge in [-0.05, 0) is 38.0 Å². The van der Waals surface area contributed by atoms with Crippen molar-refractivity contribution < 1.29 is 4.79 Å². The molecular formula is C17H34N2O. The molecule has 1 rings (SSSR count). The summed E-state index contributed by atoms with van der Waals surface area (Å²) in [6.45, 7) is 11.6. The minimum Gasteiger partial charge on any atom is -0.338 e. The van der Waals surface area contributed by atoms with Crippen LogP contribution in [0.3, 0.4) is 0 Å². The normalized spacial score (nSPS) is 17.9. The molecule has 0 aromatic carbocycles. The van der Waals surface area contributed by atoms with Gasteiger partial charge in [0, 0.05) is 12.1 Å². The predicted molar refractivity (Wildman–Crippen MR) is 85.9 cm³/mol. The van der Waals surface area contributed by atoms with Crippen LogP contribution in [0.5, 0.6) is 0 Å². The summed E-state index contributed by atoms with van der Waals surface area (Å²) >= 11 is 0. The van der Waals surface area contributed by atoms with E-state index in [9.17, 15) is 4.79 Å². The Hall–Kier alpha value is -0.730. The number of nitrogens with one attached hydrogen (secondary N) is 2. The Morgan fingerprint density at radius 3 is 2.20 bits per heavy atom. The fourth-order valence-electron chi connectivity index (χ4n) is 3.59. The maximum Gasteiger partial charge on any atom is 0.315 e. The van der Waals surface area contributed by atoms with E-state index in [1.807, 2.05) is 0 Å².